The van der Waals surface area contributed by atoms with Crippen LogP contribution in [0.25, 0.3) is 6.08 Å². The van der Waals surface area contributed by atoms with E-state index in [-0.39, 0.29) is 22.9 Å². The zero-order valence-corrected chi connectivity index (χ0v) is 14.7. The Morgan fingerprint density at radius 2 is 1.46 bits per heavy atom. The van der Waals surface area contributed by atoms with Gasteiger partial charge in [0.05, 0.1) is 15.3 Å². The minimum absolute atomic E-state index is 0.0163. The molecule has 2 aromatic rings. The first-order valence-corrected chi connectivity index (χ1v) is 8.83. The number of benzene rings is 2. The third-order valence-electron chi connectivity index (χ3n) is 5.48. The molecule has 1 aliphatic heterocycles. The van der Waals surface area contributed by atoms with E-state index in [0.717, 1.165) is 12.0 Å². The second-order valence-electron chi connectivity index (χ2n) is 7.04. The van der Waals surface area contributed by atoms with Gasteiger partial charge in [0.1, 0.15) is 6.10 Å². The van der Waals surface area contributed by atoms with Gasteiger partial charge in [0.15, 0.2) is 5.76 Å². The molecule has 142 valence electrons. The fourth-order valence-corrected chi connectivity index (χ4v) is 3.81. The SMILES string of the molecule is O=C1/C(=C/c2ccc([N+](=O)[O-])cc2)OC(c2ccc([N+](=O)[O-])cc2)C12CCC2. The molecule has 1 unspecified atom stereocenters. The van der Waals surface area contributed by atoms with E-state index in [4.69, 9.17) is 4.74 Å². The van der Waals surface area contributed by atoms with E-state index in [1.807, 2.05) is 0 Å². The molecule has 1 aliphatic carbocycles. The van der Waals surface area contributed by atoms with Crippen LogP contribution in [0, 0.1) is 25.6 Å². The number of nitro groups is 2. The number of ketones is 1. The first kappa shape index (κ1) is 17.8. The predicted molar refractivity (Wildman–Crippen MR) is 99.3 cm³/mol. The van der Waals surface area contributed by atoms with Crippen LogP contribution in [0.2, 0.25) is 0 Å². The van der Waals surface area contributed by atoms with Gasteiger partial charge in [-0.1, -0.05) is 6.42 Å². The van der Waals surface area contributed by atoms with Crippen LogP contribution >= 0.6 is 0 Å². The van der Waals surface area contributed by atoms with Crippen molar-refractivity contribution in [1.29, 1.82) is 0 Å². The van der Waals surface area contributed by atoms with E-state index >= 15 is 0 Å². The summed E-state index contributed by atoms with van der Waals surface area (Å²) < 4.78 is 6.01. The van der Waals surface area contributed by atoms with Gasteiger partial charge < -0.3 is 4.74 Å². The average molecular weight is 380 g/mol. The number of non-ortho nitro benzene ring substituents is 2. The molecule has 1 atom stereocenters. The molecule has 8 nitrogen and oxygen atoms in total. The maximum atomic E-state index is 13.0. The lowest BCUT2D eigenvalue weighted by molar-refractivity contribution is -0.385. The molecule has 8 heteroatoms. The Kier molecular flexibility index (Phi) is 4.18. The number of hydrogen-bond acceptors (Lipinski definition) is 6. The molecule has 0 N–H and O–H groups in total. The van der Waals surface area contributed by atoms with Gasteiger partial charge in [0, 0.05) is 24.3 Å². The molecule has 1 heterocycles. The van der Waals surface area contributed by atoms with Gasteiger partial charge in [-0.3, -0.25) is 25.0 Å². The maximum absolute atomic E-state index is 13.0. The number of allylic oxidation sites excluding steroid dienone is 1. The number of Topliss-reactive ketones (excluding diaryl/α,β-unsaturated/α-hetero) is 1. The zero-order valence-electron chi connectivity index (χ0n) is 14.7. The molecular formula is C20H16N2O6. The molecular weight excluding hydrogens is 364 g/mol. The normalized spacial score (nSPS) is 21.4. The van der Waals surface area contributed by atoms with Crippen LogP contribution in [0.3, 0.4) is 0 Å². The van der Waals surface area contributed by atoms with Crippen LogP contribution in [-0.4, -0.2) is 15.6 Å². The molecule has 0 bridgehead atoms. The fraction of sp³-hybridized carbons (Fsp3) is 0.250. The highest BCUT2D eigenvalue weighted by atomic mass is 16.6. The van der Waals surface area contributed by atoms with Crippen LogP contribution in [0.4, 0.5) is 11.4 Å². The van der Waals surface area contributed by atoms with E-state index in [9.17, 15) is 25.0 Å². The molecule has 28 heavy (non-hydrogen) atoms. The summed E-state index contributed by atoms with van der Waals surface area (Å²) >= 11 is 0. The molecule has 0 aromatic heterocycles. The number of nitro benzene ring substituents is 2. The second kappa shape index (κ2) is 6.56. The number of rotatable bonds is 4. The van der Waals surface area contributed by atoms with E-state index in [2.05, 4.69) is 0 Å². The standard InChI is InChI=1S/C20H16N2O6/c23-18-17(12-13-2-6-15(7-3-13)21(24)25)28-19(20(18)10-1-11-20)14-4-8-16(9-5-14)22(26)27/h2-9,12,19H,1,10-11H2/b17-12-. The first-order chi connectivity index (χ1) is 13.4. The Labute approximate surface area is 159 Å². The maximum Gasteiger partial charge on any atom is 0.269 e. The van der Waals surface area contributed by atoms with Crippen molar-refractivity contribution in [2.45, 2.75) is 25.4 Å². The predicted octanol–water partition coefficient (Wildman–Crippen LogP) is 4.35. The van der Waals surface area contributed by atoms with Crippen LogP contribution in [0.1, 0.15) is 36.5 Å². The third-order valence-corrected chi connectivity index (χ3v) is 5.48. The van der Waals surface area contributed by atoms with Crippen molar-refractivity contribution in [3.05, 3.63) is 85.6 Å². The lowest BCUT2D eigenvalue weighted by atomic mass is 9.62. The Morgan fingerprint density at radius 3 is 1.93 bits per heavy atom. The second-order valence-corrected chi connectivity index (χ2v) is 7.04. The molecule has 0 amide bonds. The number of ether oxygens (including phenoxy) is 1. The molecule has 2 aliphatic rings. The van der Waals surface area contributed by atoms with Crippen molar-refractivity contribution in [2.75, 3.05) is 0 Å². The summed E-state index contributed by atoms with van der Waals surface area (Å²) in [6.07, 6.45) is 3.43. The van der Waals surface area contributed by atoms with E-state index in [0.29, 0.717) is 18.4 Å². The minimum atomic E-state index is -0.636. The van der Waals surface area contributed by atoms with Crippen molar-refractivity contribution in [3.8, 4) is 0 Å². The van der Waals surface area contributed by atoms with Crippen LogP contribution < -0.4 is 0 Å². The van der Waals surface area contributed by atoms with Gasteiger partial charge >= 0.3 is 0 Å². The third kappa shape index (κ3) is 2.83. The topological polar surface area (TPSA) is 113 Å². The summed E-state index contributed by atoms with van der Waals surface area (Å²) in [5.41, 5.74) is 0.680. The van der Waals surface area contributed by atoms with Crippen molar-refractivity contribution < 1.29 is 19.4 Å². The summed E-state index contributed by atoms with van der Waals surface area (Å²) in [4.78, 5) is 33.7. The monoisotopic (exact) mass is 380 g/mol. The van der Waals surface area contributed by atoms with Crippen LogP contribution in [0.15, 0.2) is 54.3 Å². The van der Waals surface area contributed by atoms with E-state index < -0.39 is 21.4 Å². The number of nitrogens with zero attached hydrogens (tertiary/aromatic N) is 2. The molecule has 0 radical (unpaired) electrons. The van der Waals surface area contributed by atoms with Gasteiger partial charge in [-0.25, -0.2) is 0 Å². The number of hydrogen-bond donors (Lipinski definition) is 0. The smallest absolute Gasteiger partial charge is 0.269 e. The van der Waals surface area contributed by atoms with Gasteiger partial charge in [0.25, 0.3) is 11.4 Å². The Bertz CT molecular complexity index is 990. The summed E-state index contributed by atoms with van der Waals surface area (Å²) in [7, 11) is 0. The largest absolute Gasteiger partial charge is 0.481 e. The molecule has 4 rings (SSSR count). The Morgan fingerprint density at radius 1 is 0.929 bits per heavy atom. The van der Waals surface area contributed by atoms with Gasteiger partial charge in [-0.15, -0.1) is 0 Å². The summed E-state index contributed by atoms with van der Waals surface area (Å²) in [6, 6.07) is 12.0. The van der Waals surface area contributed by atoms with Gasteiger partial charge in [-0.2, -0.15) is 0 Å². The minimum Gasteiger partial charge on any atom is -0.481 e. The lowest BCUT2D eigenvalue weighted by Gasteiger charge is -2.39. The van der Waals surface area contributed by atoms with Crippen molar-refractivity contribution in [1.82, 2.24) is 0 Å². The highest BCUT2D eigenvalue weighted by Gasteiger charge is 2.58. The fourth-order valence-electron chi connectivity index (χ4n) is 3.81. The van der Waals surface area contributed by atoms with Crippen LogP contribution in [0.5, 0.6) is 0 Å². The highest BCUT2D eigenvalue weighted by molar-refractivity contribution is 6.04. The molecule has 1 spiro atoms. The average Bonchev–Trinajstić information content (AvgIpc) is 2.95. The number of carbonyl (C=O) groups is 1. The molecule has 1 saturated carbocycles. The Hall–Kier alpha value is -3.55. The van der Waals surface area contributed by atoms with Gasteiger partial charge in [0.2, 0.25) is 5.78 Å². The van der Waals surface area contributed by atoms with E-state index in [1.165, 1.54) is 24.3 Å². The quantitative estimate of drug-likeness (QED) is 0.442. The zero-order chi connectivity index (χ0) is 19.9. The van der Waals surface area contributed by atoms with E-state index in [1.54, 1.807) is 30.3 Å². The summed E-state index contributed by atoms with van der Waals surface area (Å²) in [5.74, 6) is 0.136. The molecule has 2 aromatic carbocycles. The lowest BCUT2D eigenvalue weighted by Crippen LogP contribution is -2.38. The van der Waals surface area contributed by atoms with Crippen molar-refractivity contribution in [3.63, 3.8) is 0 Å². The first-order valence-electron chi connectivity index (χ1n) is 8.83. The van der Waals surface area contributed by atoms with Crippen molar-refractivity contribution >= 4 is 23.2 Å². The summed E-state index contributed by atoms with van der Waals surface area (Å²) in [5, 5.41) is 21.6. The Balaban J connectivity index is 1.65. The molecule has 1 saturated heterocycles. The summed E-state index contributed by atoms with van der Waals surface area (Å²) in [6.45, 7) is 0. The highest BCUT2D eigenvalue weighted by Crippen LogP contribution is 2.59. The van der Waals surface area contributed by atoms with Gasteiger partial charge in [-0.05, 0) is 54.3 Å². The van der Waals surface area contributed by atoms with Crippen LogP contribution in [-0.2, 0) is 9.53 Å². The molecule has 2 fully saturated rings. The van der Waals surface area contributed by atoms with Crippen molar-refractivity contribution in [2.24, 2.45) is 5.41 Å². The number of carbonyl (C=O) groups excluding carboxylic acids is 1.